The second kappa shape index (κ2) is 8.22. The van der Waals surface area contributed by atoms with Crippen molar-refractivity contribution in [3.05, 3.63) is 87.3 Å². The third-order valence-electron chi connectivity index (χ3n) is 5.77. The van der Waals surface area contributed by atoms with Crippen molar-refractivity contribution in [3.63, 3.8) is 0 Å². The number of carbonyl (C=O) groups excluding carboxylic acids is 1. The van der Waals surface area contributed by atoms with Crippen LogP contribution in [0.5, 0.6) is 0 Å². The molecule has 1 amide bonds. The largest absolute Gasteiger partial charge is 0.326 e. The Kier molecular flexibility index (Phi) is 5.46. The van der Waals surface area contributed by atoms with E-state index in [0.717, 1.165) is 39.2 Å². The second-order valence-corrected chi connectivity index (χ2v) is 7.86. The van der Waals surface area contributed by atoms with E-state index < -0.39 is 0 Å². The van der Waals surface area contributed by atoms with Gasteiger partial charge in [-0.05, 0) is 56.5 Å². The molecule has 1 N–H and O–H groups in total. The third kappa shape index (κ3) is 3.77. The van der Waals surface area contributed by atoms with Crippen molar-refractivity contribution in [1.29, 1.82) is 0 Å². The van der Waals surface area contributed by atoms with Gasteiger partial charge in [-0.3, -0.25) is 14.2 Å². The fraction of sp³-hybridized carbons (Fsp3) is 0.240. The molecule has 2 aromatic carbocycles. The van der Waals surface area contributed by atoms with Gasteiger partial charge in [0.05, 0.1) is 11.4 Å². The van der Waals surface area contributed by atoms with Crippen LogP contribution in [0, 0.1) is 20.8 Å². The van der Waals surface area contributed by atoms with Crippen LogP contribution in [0.3, 0.4) is 0 Å². The van der Waals surface area contributed by atoms with Gasteiger partial charge in [0.25, 0.3) is 5.56 Å². The summed E-state index contributed by atoms with van der Waals surface area (Å²) >= 11 is 0. The van der Waals surface area contributed by atoms with Crippen molar-refractivity contribution in [2.75, 3.05) is 5.32 Å². The number of nitrogens with one attached hydrogen (secondary N) is 1. The second-order valence-electron chi connectivity index (χ2n) is 7.86. The summed E-state index contributed by atoms with van der Waals surface area (Å²) in [6, 6.07) is 17.4. The number of amides is 1. The number of benzene rings is 2. The highest BCUT2D eigenvalue weighted by Crippen LogP contribution is 2.26. The molecule has 0 aliphatic heterocycles. The normalized spacial score (nSPS) is 11.1. The topological polar surface area (TPSA) is 68.9 Å². The van der Waals surface area contributed by atoms with E-state index in [1.54, 1.807) is 11.6 Å². The quantitative estimate of drug-likeness (QED) is 0.532. The average molecular weight is 415 g/mol. The van der Waals surface area contributed by atoms with E-state index in [9.17, 15) is 9.59 Å². The minimum absolute atomic E-state index is 0.0919. The van der Waals surface area contributed by atoms with Crippen LogP contribution in [0.1, 0.15) is 28.8 Å². The molecule has 31 heavy (non-hydrogen) atoms. The monoisotopic (exact) mass is 414 g/mol. The molecule has 0 saturated carbocycles. The van der Waals surface area contributed by atoms with Crippen LogP contribution in [0.25, 0.3) is 16.7 Å². The summed E-state index contributed by atoms with van der Waals surface area (Å²) in [6.07, 6.45) is 0.615. The van der Waals surface area contributed by atoms with E-state index in [4.69, 9.17) is 5.10 Å². The van der Waals surface area contributed by atoms with Crippen LogP contribution in [0.4, 0.5) is 5.69 Å². The van der Waals surface area contributed by atoms with E-state index in [1.807, 2.05) is 80.1 Å². The summed E-state index contributed by atoms with van der Waals surface area (Å²) in [7, 11) is 1.77. The molecule has 0 fully saturated rings. The van der Waals surface area contributed by atoms with Gasteiger partial charge in [-0.2, -0.15) is 5.10 Å². The van der Waals surface area contributed by atoms with Gasteiger partial charge >= 0.3 is 0 Å². The Bertz CT molecular complexity index is 1330. The van der Waals surface area contributed by atoms with Gasteiger partial charge in [0.2, 0.25) is 5.91 Å². The van der Waals surface area contributed by atoms with Crippen LogP contribution in [-0.4, -0.2) is 20.3 Å². The zero-order valence-electron chi connectivity index (χ0n) is 18.3. The first kappa shape index (κ1) is 20.6. The Hall–Kier alpha value is -3.67. The van der Waals surface area contributed by atoms with Crippen molar-refractivity contribution in [2.45, 2.75) is 33.6 Å². The van der Waals surface area contributed by atoms with Crippen LogP contribution >= 0.6 is 0 Å². The molecule has 0 radical (unpaired) electrons. The molecular formula is C25H26N4O2. The number of aryl methyl sites for hydroxylation is 4. The Morgan fingerprint density at radius 2 is 1.68 bits per heavy atom. The van der Waals surface area contributed by atoms with E-state index in [0.29, 0.717) is 12.0 Å². The maximum atomic E-state index is 13.2. The van der Waals surface area contributed by atoms with Crippen molar-refractivity contribution in [1.82, 2.24) is 14.3 Å². The number of aromatic nitrogens is 3. The number of hydrogen-bond acceptors (Lipinski definition) is 3. The standard InChI is InChI=1S/C25H26N4O2/c1-16-10-8-9-13-21(16)26-22(30)15-14-20-17(2)23-18(3)27-29(19-11-6-5-7-12-19)24(23)28(4)25(20)31/h5-13H,14-15H2,1-4H3,(H,26,30). The lowest BCUT2D eigenvalue weighted by atomic mass is 10.0. The van der Waals surface area contributed by atoms with E-state index in [1.165, 1.54) is 0 Å². The van der Waals surface area contributed by atoms with E-state index in [2.05, 4.69) is 5.32 Å². The zero-order chi connectivity index (χ0) is 22.1. The van der Waals surface area contributed by atoms with E-state index >= 15 is 0 Å². The van der Waals surface area contributed by atoms with Crippen LogP contribution in [0.15, 0.2) is 59.4 Å². The Balaban J connectivity index is 1.68. The highest BCUT2D eigenvalue weighted by molar-refractivity contribution is 5.92. The lowest BCUT2D eigenvalue weighted by molar-refractivity contribution is -0.116. The third-order valence-corrected chi connectivity index (χ3v) is 5.77. The Morgan fingerprint density at radius 1 is 1.00 bits per heavy atom. The maximum Gasteiger partial charge on any atom is 0.255 e. The summed E-state index contributed by atoms with van der Waals surface area (Å²) in [5.41, 5.74) is 5.79. The smallest absolute Gasteiger partial charge is 0.255 e. The molecule has 0 atom stereocenters. The lowest BCUT2D eigenvalue weighted by Crippen LogP contribution is -2.25. The molecule has 0 bridgehead atoms. The number of hydrogen-bond donors (Lipinski definition) is 1. The number of pyridine rings is 1. The number of rotatable bonds is 5. The minimum Gasteiger partial charge on any atom is -0.326 e. The van der Waals surface area contributed by atoms with Crippen LogP contribution < -0.4 is 10.9 Å². The van der Waals surface area contributed by atoms with Crippen LogP contribution in [-0.2, 0) is 18.3 Å². The van der Waals surface area contributed by atoms with Crippen molar-refractivity contribution in [3.8, 4) is 5.69 Å². The molecule has 2 aromatic heterocycles. The highest BCUT2D eigenvalue weighted by Gasteiger charge is 2.20. The van der Waals surface area contributed by atoms with Gasteiger partial charge in [0.15, 0.2) is 0 Å². The summed E-state index contributed by atoms with van der Waals surface area (Å²) < 4.78 is 3.46. The lowest BCUT2D eigenvalue weighted by Gasteiger charge is -2.13. The predicted molar refractivity (Wildman–Crippen MR) is 124 cm³/mol. The molecule has 4 aromatic rings. The molecule has 0 aliphatic rings. The van der Waals surface area contributed by atoms with Gasteiger partial charge in [0, 0.05) is 30.1 Å². The molecule has 6 nitrogen and oxygen atoms in total. The Labute approximate surface area is 181 Å². The first-order valence-electron chi connectivity index (χ1n) is 10.4. The van der Waals surface area contributed by atoms with Gasteiger partial charge < -0.3 is 5.32 Å². The van der Waals surface area contributed by atoms with Gasteiger partial charge in [-0.25, -0.2) is 4.68 Å². The number of nitrogens with zero attached hydrogens (tertiary/aromatic N) is 3. The minimum atomic E-state index is -0.104. The molecular weight excluding hydrogens is 388 g/mol. The zero-order valence-corrected chi connectivity index (χ0v) is 18.3. The molecule has 4 rings (SSSR count). The number of carbonyl (C=O) groups is 1. The first-order chi connectivity index (χ1) is 14.9. The molecule has 0 unspecified atom stereocenters. The van der Waals surface area contributed by atoms with Crippen molar-refractivity contribution < 1.29 is 4.79 Å². The van der Waals surface area contributed by atoms with Crippen molar-refractivity contribution in [2.24, 2.45) is 7.05 Å². The molecule has 0 spiro atoms. The van der Waals surface area contributed by atoms with Gasteiger partial charge in [-0.15, -0.1) is 0 Å². The number of fused-ring (bicyclic) bond motifs is 1. The number of para-hydroxylation sites is 2. The molecule has 6 heteroatoms. The highest BCUT2D eigenvalue weighted by atomic mass is 16.1. The fourth-order valence-electron chi connectivity index (χ4n) is 4.08. The first-order valence-corrected chi connectivity index (χ1v) is 10.4. The Morgan fingerprint density at radius 3 is 2.39 bits per heavy atom. The molecule has 158 valence electrons. The average Bonchev–Trinajstić information content (AvgIpc) is 3.12. The number of anilines is 1. The summed E-state index contributed by atoms with van der Waals surface area (Å²) in [6.45, 7) is 5.85. The summed E-state index contributed by atoms with van der Waals surface area (Å²) in [4.78, 5) is 25.7. The molecule has 0 saturated heterocycles. The van der Waals surface area contributed by atoms with Crippen LogP contribution in [0.2, 0.25) is 0 Å². The van der Waals surface area contributed by atoms with Crippen molar-refractivity contribution >= 4 is 22.6 Å². The van der Waals surface area contributed by atoms with E-state index in [-0.39, 0.29) is 17.9 Å². The molecule has 0 aliphatic carbocycles. The predicted octanol–water partition coefficient (Wildman–Crippen LogP) is 4.22. The van der Waals surface area contributed by atoms with Gasteiger partial charge in [0.1, 0.15) is 5.65 Å². The molecule has 2 heterocycles. The fourth-order valence-corrected chi connectivity index (χ4v) is 4.08. The van der Waals surface area contributed by atoms with Gasteiger partial charge in [-0.1, -0.05) is 36.4 Å². The SMILES string of the molecule is Cc1ccccc1NC(=O)CCc1c(C)c2c(C)nn(-c3ccccc3)c2n(C)c1=O. The summed E-state index contributed by atoms with van der Waals surface area (Å²) in [5.74, 6) is -0.104. The maximum absolute atomic E-state index is 13.2. The summed E-state index contributed by atoms with van der Waals surface area (Å²) in [5, 5.41) is 8.60.